The highest BCUT2D eigenvalue weighted by molar-refractivity contribution is 5.73. The quantitative estimate of drug-likeness (QED) is 0.131. The fraction of sp³-hybridized carbons (Fsp3) is 0.286. The molecule has 4 aromatic rings. The predicted molar refractivity (Wildman–Crippen MR) is 165 cm³/mol. The van der Waals surface area contributed by atoms with Gasteiger partial charge in [0, 0.05) is 55.7 Å². The highest BCUT2D eigenvalue weighted by Crippen LogP contribution is 2.40. The summed E-state index contributed by atoms with van der Waals surface area (Å²) in [6, 6.07) is 19.7. The van der Waals surface area contributed by atoms with Crippen LogP contribution < -0.4 is 15.2 Å². The zero-order chi connectivity index (χ0) is 30.2. The van der Waals surface area contributed by atoms with Crippen molar-refractivity contribution in [2.24, 2.45) is 0 Å². The van der Waals surface area contributed by atoms with Gasteiger partial charge in [0.25, 0.3) is 0 Å². The minimum Gasteiger partial charge on any atom is -0.456 e. The van der Waals surface area contributed by atoms with Crippen LogP contribution in [-0.2, 0) is 45.2 Å². The van der Waals surface area contributed by atoms with E-state index in [9.17, 15) is 4.79 Å². The van der Waals surface area contributed by atoms with E-state index < -0.39 is 0 Å². The molecule has 0 fully saturated rings. The molecule has 0 aliphatic heterocycles. The Morgan fingerprint density at radius 1 is 0.619 bits per heavy atom. The maximum Gasteiger partial charge on any atom is 0.138 e. The molecule has 0 bridgehead atoms. The molecule has 0 spiro atoms. The summed E-state index contributed by atoms with van der Waals surface area (Å²) < 4.78 is 29.6. The van der Waals surface area contributed by atoms with E-state index in [0.29, 0.717) is 42.8 Å². The number of rotatable bonds is 13. The van der Waals surface area contributed by atoms with E-state index in [1.165, 1.54) is 0 Å². The molecule has 0 saturated heterocycles. The topological polar surface area (TPSA) is 89.2 Å². The molecule has 220 valence electrons. The molecular weight excluding hydrogens is 530 g/mol. The lowest BCUT2D eigenvalue weighted by Gasteiger charge is -2.21. The SMILES string of the molecule is COCc1cc(-c2cc(COC)c(Oc3ccc(N)cc3C)c(COC)c2)cc(CC=O)c1Oc1ccc(C)cc1C. The number of benzene rings is 4. The minimum atomic E-state index is 0.193. The van der Waals surface area contributed by atoms with Crippen molar-refractivity contribution in [3.8, 4) is 34.1 Å². The van der Waals surface area contributed by atoms with Crippen molar-refractivity contribution < 1.29 is 28.5 Å². The molecule has 2 N–H and O–H groups in total. The first-order valence-corrected chi connectivity index (χ1v) is 13.8. The highest BCUT2D eigenvalue weighted by Gasteiger charge is 2.19. The van der Waals surface area contributed by atoms with Crippen molar-refractivity contribution in [3.05, 3.63) is 99.6 Å². The summed E-state index contributed by atoms with van der Waals surface area (Å²) in [6.07, 6.45) is 1.08. The van der Waals surface area contributed by atoms with Crippen LogP contribution in [0.5, 0.6) is 23.0 Å². The standard InChI is InChI=1S/C35H39NO6/c1-22-7-9-32(23(2)13-22)41-34-25(11-12-37)15-26(16-28(34)19-38-4)27-17-29(20-39-5)35(30(18-27)21-40-6)42-33-10-8-31(36)14-24(33)3/h7-10,12-18H,11,19-21,36H2,1-6H3. The number of aryl methyl sites for hydroxylation is 3. The summed E-state index contributed by atoms with van der Waals surface area (Å²) >= 11 is 0. The van der Waals surface area contributed by atoms with Gasteiger partial charge >= 0.3 is 0 Å². The second-order valence-electron chi connectivity index (χ2n) is 10.4. The first-order valence-electron chi connectivity index (χ1n) is 13.8. The molecule has 7 nitrogen and oxygen atoms in total. The fourth-order valence-electron chi connectivity index (χ4n) is 5.05. The summed E-state index contributed by atoms with van der Waals surface area (Å²) in [4.78, 5) is 11.8. The third-order valence-corrected chi connectivity index (χ3v) is 6.98. The molecule has 7 heteroatoms. The van der Waals surface area contributed by atoms with Crippen LogP contribution in [-0.4, -0.2) is 27.6 Å². The normalized spacial score (nSPS) is 11.0. The van der Waals surface area contributed by atoms with Gasteiger partial charge in [-0.3, -0.25) is 0 Å². The van der Waals surface area contributed by atoms with Gasteiger partial charge in [0.15, 0.2) is 0 Å². The van der Waals surface area contributed by atoms with E-state index in [4.69, 9.17) is 29.4 Å². The van der Waals surface area contributed by atoms with Gasteiger partial charge < -0.3 is 34.2 Å². The van der Waals surface area contributed by atoms with Crippen molar-refractivity contribution in [1.82, 2.24) is 0 Å². The molecule has 0 aromatic heterocycles. The summed E-state index contributed by atoms with van der Waals surface area (Å²) in [6.45, 7) is 6.98. The van der Waals surface area contributed by atoms with Crippen LogP contribution in [0.25, 0.3) is 11.1 Å². The zero-order valence-corrected chi connectivity index (χ0v) is 25.2. The van der Waals surface area contributed by atoms with Gasteiger partial charge in [-0.2, -0.15) is 0 Å². The van der Waals surface area contributed by atoms with Crippen LogP contribution in [0.3, 0.4) is 0 Å². The maximum absolute atomic E-state index is 11.8. The Bertz CT molecular complexity index is 1530. The van der Waals surface area contributed by atoms with Crippen LogP contribution in [0.1, 0.15) is 38.9 Å². The maximum atomic E-state index is 11.8. The molecule has 0 aliphatic carbocycles. The van der Waals surface area contributed by atoms with Gasteiger partial charge in [-0.15, -0.1) is 0 Å². The molecular formula is C35H39NO6. The molecule has 0 saturated carbocycles. The van der Waals surface area contributed by atoms with Crippen molar-refractivity contribution in [2.45, 2.75) is 47.0 Å². The largest absolute Gasteiger partial charge is 0.456 e. The van der Waals surface area contributed by atoms with Gasteiger partial charge in [-0.1, -0.05) is 17.7 Å². The third kappa shape index (κ3) is 7.18. The molecule has 42 heavy (non-hydrogen) atoms. The summed E-state index contributed by atoms with van der Waals surface area (Å²) in [5.74, 6) is 2.75. The molecule has 0 unspecified atom stereocenters. The zero-order valence-electron chi connectivity index (χ0n) is 25.2. The number of nitrogens with two attached hydrogens (primary N) is 1. The lowest BCUT2D eigenvalue weighted by molar-refractivity contribution is -0.107. The van der Waals surface area contributed by atoms with Gasteiger partial charge in [-0.25, -0.2) is 0 Å². The first kappa shape index (κ1) is 30.8. The Morgan fingerprint density at radius 2 is 1.07 bits per heavy atom. The van der Waals surface area contributed by atoms with Crippen molar-refractivity contribution >= 4 is 12.0 Å². The minimum absolute atomic E-state index is 0.193. The number of aldehydes is 1. The molecule has 0 amide bonds. The van der Waals surface area contributed by atoms with Crippen LogP contribution >= 0.6 is 0 Å². The Hall–Kier alpha value is -4.17. The lowest BCUT2D eigenvalue weighted by Crippen LogP contribution is -2.04. The Kier molecular flexibility index (Phi) is 10.4. The monoisotopic (exact) mass is 569 g/mol. The van der Waals surface area contributed by atoms with E-state index in [1.807, 2.05) is 75.4 Å². The Labute approximate surface area is 248 Å². The fourth-order valence-corrected chi connectivity index (χ4v) is 5.05. The van der Waals surface area contributed by atoms with E-state index >= 15 is 0 Å². The molecule has 0 radical (unpaired) electrons. The number of methoxy groups -OCH3 is 3. The molecule has 4 aromatic carbocycles. The molecule has 0 atom stereocenters. The molecule has 0 heterocycles. The van der Waals surface area contributed by atoms with E-state index in [0.717, 1.165) is 62.1 Å². The van der Waals surface area contributed by atoms with Crippen LogP contribution in [0.4, 0.5) is 5.69 Å². The van der Waals surface area contributed by atoms with Gasteiger partial charge in [0.1, 0.15) is 29.3 Å². The molecule has 4 rings (SSSR count). The van der Waals surface area contributed by atoms with Gasteiger partial charge in [0.05, 0.1) is 19.8 Å². The summed E-state index contributed by atoms with van der Waals surface area (Å²) in [7, 11) is 4.95. The highest BCUT2D eigenvalue weighted by atomic mass is 16.5. The van der Waals surface area contributed by atoms with E-state index in [1.54, 1.807) is 21.3 Å². The number of carbonyl (C=O) groups excluding carboxylic acids is 1. The van der Waals surface area contributed by atoms with Crippen LogP contribution in [0, 0.1) is 20.8 Å². The van der Waals surface area contributed by atoms with Crippen molar-refractivity contribution in [3.63, 3.8) is 0 Å². The van der Waals surface area contributed by atoms with Crippen LogP contribution in [0.2, 0.25) is 0 Å². The number of hydrogen-bond donors (Lipinski definition) is 1. The number of ether oxygens (including phenoxy) is 5. The summed E-state index contributed by atoms with van der Waals surface area (Å²) in [5.41, 5.74) is 14.9. The lowest BCUT2D eigenvalue weighted by atomic mass is 9.94. The number of anilines is 1. The average Bonchev–Trinajstić information content (AvgIpc) is 2.94. The van der Waals surface area contributed by atoms with Crippen molar-refractivity contribution in [1.29, 1.82) is 0 Å². The number of hydrogen-bond acceptors (Lipinski definition) is 7. The predicted octanol–water partition coefficient (Wildman–Crippen LogP) is 7.63. The van der Waals surface area contributed by atoms with Crippen molar-refractivity contribution in [2.75, 3.05) is 27.1 Å². The Balaban J connectivity index is 1.86. The Morgan fingerprint density at radius 3 is 1.52 bits per heavy atom. The molecule has 0 aliphatic rings. The van der Waals surface area contributed by atoms with E-state index in [-0.39, 0.29) is 6.42 Å². The van der Waals surface area contributed by atoms with Crippen LogP contribution in [0.15, 0.2) is 60.7 Å². The second-order valence-corrected chi connectivity index (χ2v) is 10.4. The first-order chi connectivity index (χ1) is 20.3. The van der Waals surface area contributed by atoms with Gasteiger partial charge in [0.2, 0.25) is 0 Å². The average molecular weight is 570 g/mol. The van der Waals surface area contributed by atoms with E-state index in [2.05, 4.69) is 6.07 Å². The number of carbonyl (C=O) groups is 1. The third-order valence-electron chi connectivity index (χ3n) is 6.98. The van der Waals surface area contributed by atoms with Gasteiger partial charge in [-0.05, 0) is 91.6 Å². The smallest absolute Gasteiger partial charge is 0.138 e. The summed E-state index contributed by atoms with van der Waals surface area (Å²) in [5, 5.41) is 0. The second kappa shape index (κ2) is 14.1. The number of nitrogen functional groups attached to an aromatic ring is 1.